The van der Waals surface area contributed by atoms with Crippen molar-refractivity contribution in [2.75, 3.05) is 6.61 Å². The normalized spacial score (nSPS) is 12.1. The van der Waals surface area contributed by atoms with Crippen molar-refractivity contribution >= 4 is 5.97 Å². The molecule has 1 aromatic rings. The lowest BCUT2D eigenvalue weighted by atomic mass is 10.2. The van der Waals surface area contributed by atoms with Gasteiger partial charge in [0, 0.05) is 0 Å². The van der Waals surface area contributed by atoms with Gasteiger partial charge in [-0.25, -0.2) is 4.79 Å². The Kier molecular flexibility index (Phi) is 4.17. The maximum Gasteiger partial charge on any atom is 0.338 e. The van der Waals surface area contributed by atoms with E-state index in [4.69, 9.17) is 9.84 Å². The number of rotatable bonds is 4. The van der Waals surface area contributed by atoms with Gasteiger partial charge in [0.15, 0.2) is 17.2 Å². The molecule has 0 aliphatic heterocycles. The Morgan fingerprint density at radius 3 is 2.29 bits per heavy atom. The molecule has 0 aliphatic carbocycles. The molecule has 1 unspecified atom stereocenters. The molecule has 94 valence electrons. The van der Waals surface area contributed by atoms with Gasteiger partial charge in [0.05, 0.1) is 11.7 Å². The molecule has 1 aromatic carbocycles. The van der Waals surface area contributed by atoms with Crippen molar-refractivity contribution in [3.63, 3.8) is 0 Å². The van der Waals surface area contributed by atoms with Crippen molar-refractivity contribution in [3.05, 3.63) is 17.7 Å². The highest BCUT2D eigenvalue weighted by atomic mass is 16.5. The van der Waals surface area contributed by atoms with Crippen molar-refractivity contribution in [2.24, 2.45) is 0 Å². The maximum atomic E-state index is 11.4. The van der Waals surface area contributed by atoms with E-state index in [0.717, 1.165) is 12.1 Å². The Morgan fingerprint density at radius 2 is 1.82 bits per heavy atom. The molecular formula is C11H14O6. The van der Waals surface area contributed by atoms with Crippen LogP contribution in [-0.2, 0) is 4.74 Å². The second kappa shape index (κ2) is 5.40. The number of carbonyl (C=O) groups is 1. The Labute approximate surface area is 97.7 Å². The van der Waals surface area contributed by atoms with E-state index in [1.807, 2.05) is 0 Å². The van der Waals surface area contributed by atoms with Crippen LogP contribution in [0.4, 0.5) is 0 Å². The van der Waals surface area contributed by atoms with Gasteiger partial charge in [-0.15, -0.1) is 0 Å². The smallest absolute Gasteiger partial charge is 0.338 e. The molecule has 6 heteroatoms. The number of hydrogen-bond acceptors (Lipinski definition) is 6. The molecular weight excluding hydrogens is 228 g/mol. The van der Waals surface area contributed by atoms with E-state index in [1.54, 1.807) is 6.92 Å². The fourth-order valence-corrected chi connectivity index (χ4v) is 1.10. The first-order valence-electron chi connectivity index (χ1n) is 5.05. The van der Waals surface area contributed by atoms with Gasteiger partial charge < -0.3 is 25.2 Å². The molecule has 0 fully saturated rings. The summed E-state index contributed by atoms with van der Waals surface area (Å²) < 4.78 is 4.74. The number of aromatic hydroxyl groups is 3. The van der Waals surface area contributed by atoms with Crippen molar-refractivity contribution < 1.29 is 30.0 Å². The van der Waals surface area contributed by atoms with Crippen LogP contribution in [0.25, 0.3) is 0 Å². The largest absolute Gasteiger partial charge is 0.504 e. The van der Waals surface area contributed by atoms with Crippen molar-refractivity contribution in [3.8, 4) is 17.2 Å². The fraction of sp³-hybridized carbons (Fsp3) is 0.364. The average Bonchev–Trinajstić information content (AvgIpc) is 2.31. The van der Waals surface area contributed by atoms with Crippen molar-refractivity contribution in [1.82, 2.24) is 0 Å². The third-order valence-corrected chi connectivity index (χ3v) is 2.18. The van der Waals surface area contributed by atoms with Gasteiger partial charge in [0.25, 0.3) is 0 Å². The molecule has 0 spiro atoms. The van der Waals surface area contributed by atoms with Gasteiger partial charge in [-0.2, -0.15) is 0 Å². The Hall–Kier alpha value is -1.95. The lowest BCUT2D eigenvalue weighted by Crippen LogP contribution is -2.17. The van der Waals surface area contributed by atoms with Crippen LogP contribution < -0.4 is 0 Å². The molecule has 0 heterocycles. The van der Waals surface area contributed by atoms with E-state index >= 15 is 0 Å². The van der Waals surface area contributed by atoms with E-state index < -0.39 is 29.3 Å². The molecule has 0 aliphatic rings. The van der Waals surface area contributed by atoms with E-state index in [1.165, 1.54) is 0 Å². The summed E-state index contributed by atoms with van der Waals surface area (Å²) in [4.78, 5) is 11.4. The van der Waals surface area contributed by atoms with Crippen molar-refractivity contribution in [1.29, 1.82) is 0 Å². The molecule has 0 saturated heterocycles. The number of hydrogen-bond donors (Lipinski definition) is 4. The summed E-state index contributed by atoms with van der Waals surface area (Å²) in [5, 5.41) is 36.6. The molecule has 0 radical (unpaired) electrons. The molecule has 4 N–H and O–H groups in total. The first-order chi connectivity index (χ1) is 7.95. The van der Waals surface area contributed by atoms with E-state index in [0.29, 0.717) is 6.42 Å². The average molecular weight is 242 g/mol. The highest BCUT2D eigenvalue weighted by Gasteiger charge is 2.15. The minimum Gasteiger partial charge on any atom is -0.504 e. The number of carbonyl (C=O) groups excluding carboxylic acids is 1. The highest BCUT2D eigenvalue weighted by molar-refractivity contribution is 5.91. The second-order valence-electron chi connectivity index (χ2n) is 3.52. The Morgan fingerprint density at radius 1 is 1.29 bits per heavy atom. The molecule has 17 heavy (non-hydrogen) atoms. The standard InChI is InChI=1S/C11H14O6/c1-2-7(12)5-17-11(16)6-3-8(13)10(15)9(14)4-6/h3-4,7,12-15H,2,5H2,1H3. The number of esters is 1. The number of ether oxygens (including phenoxy) is 1. The van der Waals surface area contributed by atoms with Crippen LogP contribution >= 0.6 is 0 Å². The lowest BCUT2D eigenvalue weighted by Gasteiger charge is -2.09. The minimum absolute atomic E-state index is 0.110. The van der Waals surface area contributed by atoms with E-state index in [-0.39, 0.29) is 12.2 Å². The summed E-state index contributed by atoms with van der Waals surface area (Å²) in [6, 6.07) is 1.94. The Bertz CT molecular complexity index is 391. The van der Waals surface area contributed by atoms with Gasteiger partial charge in [-0.3, -0.25) is 0 Å². The number of phenolic OH excluding ortho intramolecular Hbond substituents is 3. The summed E-state index contributed by atoms with van der Waals surface area (Å²) in [5.41, 5.74) is -0.110. The summed E-state index contributed by atoms with van der Waals surface area (Å²) in [6.07, 6.45) is -0.308. The van der Waals surface area contributed by atoms with E-state index in [9.17, 15) is 20.1 Å². The molecule has 0 saturated carbocycles. The van der Waals surface area contributed by atoms with Gasteiger partial charge in [-0.05, 0) is 18.6 Å². The minimum atomic E-state index is -0.803. The van der Waals surface area contributed by atoms with Gasteiger partial charge in [0.1, 0.15) is 6.61 Å². The number of phenols is 3. The fourth-order valence-electron chi connectivity index (χ4n) is 1.10. The summed E-state index contributed by atoms with van der Waals surface area (Å²) in [5.74, 6) is -2.74. The third kappa shape index (κ3) is 3.25. The van der Waals surface area contributed by atoms with Crippen LogP contribution in [0.3, 0.4) is 0 Å². The third-order valence-electron chi connectivity index (χ3n) is 2.18. The molecule has 0 amide bonds. The van der Waals surface area contributed by atoms with E-state index in [2.05, 4.69) is 0 Å². The van der Waals surface area contributed by atoms with Crippen molar-refractivity contribution in [2.45, 2.75) is 19.4 Å². The topological polar surface area (TPSA) is 107 Å². The monoisotopic (exact) mass is 242 g/mol. The summed E-state index contributed by atoms with van der Waals surface area (Å²) in [7, 11) is 0. The number of aliphatic hydroxyl groups is 1. The van der Waals surface area contributed by atoms with Crippen LogP contribution in [0.1, 0.15) is 23.7 Å². The Balaban J connectivity index is 2.76. The molecule has 1 rings (SSSR count). The summed E-state index contributed by atoms with van der Waals surface area (Å²) >= 11 is 0. The predicted molar refractivity (Wildman–Crippen MR) is 58.0 cm³/mol. The van der Waals surface area contributed by atoms with Gasteiger partial charge in [0.2, 0.25) is 0 Å². The second-order valence-corrected chi connectivity index (χ2v) is 3.52. The highest BCUT2D eigenvalue weighted by Crippen LogP contribution is 2.35. The number of benzene rings is 1. The first kappa shape index (κ1) is 13.1. The van der Waals surface area contributed by atoms with Gasteiger partial charge in [-0.1, -0.05) is 6.92 Å². The predicted octanol–water partition coefficient (Wildman–Crippen LogP) is 0.731. The molecule has 0 aromatic heterocycles. The zero-order valence-corrected chi connectivity index (χ0v) is 9.25. The quantitative estimate of drug-likeness (QED) is 0.458. The number of aliphatic hydroxyl groups excluding tert-OH is 1. The zero-order valence-electron chi connectivity index (χ0n) is 9.25. The van der Waals surface area contributed by atoms with Crippen LogP contribution in [0.2, 0.25) is 0 Å². The van der Waals surface area contributed by atoms with Crippen LogP contribution in [-0.4, -0.2) is 39.1 Å². The zero-order chi connectivity index (χ0) is 13.0. The SMILES string of the molecule is CCC(O)COC(=O)c1cc(O)c(O)c(O)c1. The van der Waals surface area contributed by atoms with Crippen LogP contribution in [0, 0.1) is 0 Å². The van der Waals surface area contributed by atoms with Gasteiger partial charge >= 0.3 is 5.97 Å². The molecule has 0 bridgehead atoms. The molecule has 6 nitrogen and oxygen atoms in total. The van der Waals surface area contributed by atoms with Crippen LogP contribution in [0.5, 0.6) is 17.2 Å². The molecule has 1 atom stereocenters. The maximum absolute atomic E-state index is 11.4. The first-order valence-corrected chi connectivity index (χ1v) is 5.05. The lowest BCUT2D eigenvalue weighted by molar-refractivity contribution is 0.0249. The summed E-state index contributed by atoms with van der Waals surface area (Å²) in [6.45, 7) is 1.56. The van der Waals surface area contributed by atoms with Crippen LogP contribution in [0.15, 0.2) is 12.1 Å².